The lowest BCUT2D eigenvalue weighted by Crippen LogP contribution is -2.56. The quantitative estimate of drug-likeness (QED) is 0.855. The minimum Gasteiger partial charge on any atom is -0.391 e. The predicted molar refractivity (Wildman–Crippen MR) is 82.6 cm³/mol. The van der Waals surface area contributed by atoms with Gasteiger partial charge in [-0.3, -0.25) is 4.68 Å². The smallest absolute Gasteiger partial charge is 0.216 e. The van der Waals surface area contributed by atoms with Crippen molar-refractivity contribution < 1.29 is 17.9 Å². The minimum atomic E-state index is -3.72. The Labute approximate surface area is 134 Å². The van der Waals surface area contributed by atoms with Crippen molar-refractivity contribution in [1.29, 1.82) is 0 Å². The van der Waals surface area contributed by atoms with Gasteiger partial charge in [-0.2, -0.15) is 5.10 Å². The molecule has 0 spiro atoms. The van der Waals surface area contributed by atoms with Crippen LogP contribution in [0.5, 0.6) is 0 Å². The molecule has 0 aliphatic heterocycles. The van der Waals surface area contributed by atoms with Crippen LogP contribution in [0.2, 0.25) is 0 Å². The Morgan fingerprint density at radius 2 is 2.17 bits per heavy atom. The first-order valence-electron chi connectivity index (χ1n) is 7.28. The Kier molecular flexibility index (Phi) is 4.22. The third kappa shape index (κ3) is 3.44. The number of aliphatic hydroxyl groups excluding tert-OH is 1. The lowest BCUT2D eigenvalue weighted by Gasteiger charge is -2.41. The van der Waals surface area contributed by atoms with Gasteiger partial charge in [0.05, 0.1) is 24.1 Å². The van der Waals surface area contributed by atoms with Gasteiger partial charge >= 0.3 is 0 Å². The van der Waals surface area contributed by atoms with Crippen molar-refractivity contribution >= 4 is 10.0 Å². The number of rotatable bonds is 5. The lowest BCUT2D eigenvalue weighted by atomic mass is 9.84. The largest absolute Gasteiger partial charge is 0.391 e. The number of benzene rings is 1. The van der Waals surface area contributed by atoms with E-state index in [1.165, 1.54) is 18.2 Å². The van der Waals surface area contributed by atoms with Crippen LogP contribution in [0, 0.1) is 12.7 Å². The van der Waals surface area contributed by atoms with Crippen LogP contribution in [-0.4, -0.2) is 35.5 Å². The van der Waals surface area contributed by atoms with E-state index < -0.39 is 39.8 Å². The fourth-order valence-electron chi connectivity index (χ4n) is 2.78. The van der Waals surface area contributed by atoms with Crippen molar-refractivity contribution in [1.82, 2.24) is 14.5 Å². The summed E-state index contributed by atoms with van der Waals surface area (Å²) in [5.41, 5.74) is 1.04. The summed E-state index contributed by atoms with van der Waals surface area (Å²) in [6.45, 7) is 1.87. The molecule has 0 bridgehead atoms. The van der Waals surface area contributed by atoms with Gasteiger partial charge < -0.3 is 5.11 Å². The van der Waals surface area contributed by atoms with Gasteiger partial charge in [0.15, 0.2) is 0 Å². The zero-order chi connectivity index (χ0) is 16.6. The molecule has 1 fully saturated rings. The predicted octanol–water partition coefficient (Wildman–Crippen LogP) is 1.12. The van der Waals surface area contributed by atoms with E-state index in [-0.39, 0.29) is 5.56 Å². The summed E-state index contributed by atoms with van der Waals surface area (Å²) in [7, 11) is -3.72. The van der Waals surface area contributed by atoms with Crippen LogP contribution in [0.25, 0.3) is 0 Å². The molecule has 2 aromatic rings. The molecule has 1 aromatic heterocycles. The highest BCUT2D eigenvalue weighted by Gasteiger charge is 2.43. The molecule has 0 radical (unpaired) electrons. The Bertz CT molecular complexity index is 806. The van der Waals surface area contributed by atoms with Crippen LogP contribution in [0.4, 0.5) is 4.39 Å². The lowest BCUT2D eigenvalue weighted by molar-refractivity contribution is 0.000506. The molecule has 3 atom stereocenters. The summed E-state index contributed by atoms with van der Waals surface area (Å²) in [6.07, 6.45) is 3.05. The highest BCUT2D eigenvalue weighted by atomic mass is 32.2. The van der Waals surface area contributed by atoms with Gasteiger partial charge in [0.25, 0.3) is 0 Å². The Balaban J connectivity index is 1.72. The molecule has 23 heavy (non-hydrogen) atoms. The van der Waals surface area contributed by atoms with E-state index in [1.807, 2.05) is 6.92 Å². The first-order valence-corrected chi connectivity index (χ1v) is 8.93. The van der Waals surface area contributed by atoms with Crippen molar-refractivity contribution in [2.24, 2.45) is 0 Å². The topological polar surface area (TPSA) is 84.2 Å². The second-order valence-electron chi connectivity index (χ2n) is 5.87. The number of nitrogens with one attached hydrogen (secondary N) is 1. The summed E-state index contributed by atoms with van der Waals surface area (Å²) in [5, 5.41) is 14.0. The van der Waals surface area contributed by atoms with Crippen molar-refractivity contribution in [3.05, 3.63) is 53.6 Å². The standard InChI is InChI=1S/C15H18FN3O3S/c1-10-7-17-19(8-10)15-13(6-14(15)20)18-23(21,22)9-11-4-2-3-5-12(11)16/h2-5,7-8,13-15,18,20H,6,9H2,1H3/t13-,14+,15+/m0/s1. The highest BCUT2D eigenvalue weighted by Crippen LogP contribution is 2.33. The fraction of sp³-hybridized carbons (Fsp3) is 0.400. The van der Waals surface area contributed by atoms with Gasteiger partial charge in [-0.25, -0.2) is 17.5 Å². The summed E-state index contributed by atoms with van der Waals surface area (Å²) >= 11 is 0. The number of nitrogens with zero attached hydrogens (tertiary/aromatic N) is 2. The SMILES string of the molecule is Cc1cnn([C@H]2[C@H](O)C[C@@H]2NS(=O)(=O)Cc2ccccc2F)c1. The van der Waals surface area contributed by atoms with E-state index in [1.54, 1.807) is 23.1 Å². The maximum absolute atomic E-state index is 13.6. The zero-order valence-corrected chi connectivity index (χ0v) is 13.4. The Hall–Kier alpha value is -1.77. The molecule has 0 saturated heterocycles. The molecule has 1 aliphatic rings. The molecule has 1 aromatic carbocycles. The van der Waals surface area contributed by atoms with E-state index in [9.17, 15) is 17.9 Å². The third-order valence-electron chi connectivity index (χ3n) is 3.97. The molecule has 0 amide bonds. The molecule has 0 unspecified atom stereocenters. The monoisotopic (exact) mass is 339 g/mol. The first-order chi connectivity index (χ1) is 10.9. The molecule has 124 valence electrons. The highest BCUT2D eigenvalue weighted by molar-refractivity contribution is 7.88. The molecule has 6 nitrogen and oxygen atoms in total. The molecule has 2 N–H and O–H groups in total. The van der Waals surface area contributed by atoms with E-state index in [0.29, 0.717) is 6.42 Å². The van der Waals surface area contributed by atoms with Gasteiger partial charge in [0.2, 0.25) is 10.0 Å². The Morgan fingerprint density at radius 1 is 1.43 bits per heavy atom. The first kappa shape index (κ1) is 16.1. The van der Waals surface area contributed by atoms with Crippen molar-refractivity contribution in [3.8, 4) is 0 Å². The van der Waals surface area contributed by atoms with Crippen LogP contribution in [0.15, 0.2) is 36.7 Å². The number of sulfonamides is 1. The fourth-order valence-corrected chi connectivity index (χ4v) is 4.20. The summed E-state index contributed by atoms with van der Waals surface area (Å²) in [6, 6.07) is 4.87. The van der Waals surface area contributed by atoms with Gasteiger partial charge in [0, 0.05) is 17.8 Å². The van der Waals surface area contributed by atoms with Gasteiger partial charge in [-0.1, -0.05) is 18.2 Å². The number of aromatic nitrogens is 2. The van der Waals surface area contributed by atoms with Gasteiger partial charge in [-0.15, -0.1) is 0 Å². The molecule has 8 heteroatoms. The number of hydrogen-bond donors (Lipinski definition) is 2. The summed E-state index contributed by atoms with van der Waals surface area (Å²) < 4.78 is 42.2. The van der Waals surface area contributed by atoms with E-state index in [2.05, 4.69) is 9.82 Å². The van der Waals surface area contributed by atoms with Crippen LogP contribution in [0.1, 0.15) is 23.6 Å². The van der Waals surface area contributed by atoms with Crippen LogP contribution in [0.3, 0.4) is 0 Å². The zero-order valence-electron chi connectivity index (χ0n) is 12.6. The Morgan fingerprint density at radius 3 is 2.78 bits per heavy atom. The van der Waals surface area contributed by atoms with Crippen LogP contribution < -0.4 is 4.72 Å². The molecule has 3 rings (SSSR count). The van der Waals surface area contributed by atoms with E-state index >= 15 is 0 Å². The maximum Gasteiger partial charge on any atom is 0.216 e. The second-order valence-corrected chi connectivity index (χ2v) is 7.62. The number of hydrogen-bond acceptors (Lipinski definition) is 4. The molecular formula is C15H18FN3O3S. The average Bonchev–Trinajstić information content (AvgIpc) is 2.86. The van der Waals surface area contributed by atoms with Gasteiger partial charge in [-0.05, 0) is 25.0 Å². The third-order valence-corrected chi connectivity index (χ3v) is 5.33. The van der Waals surface area contributed by atoms with Crippen molar-refractivity contribution in [2.75, 3.05) is 0 Å². The maximum atomic E-state index is 13.6. The molecular weight excluding hydrogens is 321 g/mol. The van der Waals surface area contributed by atoms with Crippen LogP contribution in [-0.2, 0) is 15.8 Å². The summed E-state index contributed by atoms with van der Waals surface area (Å²) in [5.74, 6) is -0.984. The van der Waals surface area contributed by atoms with Crippen LogP contribution >= 0.6 is 0 Å². The molecule has 1 aliphatic carbocycles. The minimum absolute atomic E-state index is 0.117. The average molecular weight is 339 g/mol. The second kappa shape index (κ2) is 6.03. The molecule has 1 saturated carbocycles. The summed E-state index contributed by atoms with van der Waals surface area (Å²) in [4.78, 5) is 0. The van der Waals surface area contributed by atoms with Crippen molar-refractivity contribution in [3.63, 3.8) is 0 Å². The van der Waals surface area contributed by atoms with E-state index in [4.69, 9.17) is 0 Å². The van der Waals surface area contributed by atoms with Crippen molar-refractivity contribution in [2.45, 2.75) is 37.3 Å². The normalized spacial score (nSPS) is 24.4. The number of aryl methyl sites for hydroxylation is 1. The number of aliphatic hydroxyl groups is 1. The van der Waals surface area contributed by atoms with E-state index in [0.717, 1.165) is 5.56 Å². The number of halogens is 1. The molecule has 1 heterocycles. The van der Waals surface area contributed by atoms with Gasteiger partial charge in [0.1, 0.15) is 5.82 Å².